The molecule has 2 aliphatic rings. The summed E-state index contributed by atoms with van der Waals surface area (Å²) in [6, 6.07) is 0. The van der Waals surface area contributed by atoms with E-state index in [2.05, 4.69) is 18.9 Å². The van der Waals surface area contributed by atoms with E-state index < -0.39 is 6.29 Å². The fourth-order valence-electron chi connectivity index (χ4n) is 3.20. The molecular formula is C17H30N2O4. The van der Waals surface area contributed by atoms with Crippen LogP contribution in [0.5, 0.6) is 0 Å². The molecule has 1 N–H and O–H groups in total. The van der Waals surface area contributed by atoms with Crippen molar-refractivity contribution < 1.29 is 19.4 Å². The fraction of sp³-hybridized carbons (Fsp3) is 0.824. The lowest BCUT2D eigenvalue weighted by molar-refractivity contribution is -0.174. The third kappa shape index (κ3) is 4.68. The predicted molar refractivity (Wildman–Crippen MR) is 87.6 cm³/mol. The van der Waals surface area contributed by atoms with Crippen molar-refractivity contribution in [2.24, 2.45) is 11.8 Å². The molecule has 6 nitrogen and oxygen atoms in total. The molecule has 6 heteroatoms. The van der Waals surface area contributed by atoms with E-state index in [0.717, 1.165) is 39.0 Å². The second kappa shape index (κ2) is 8.66. The summed E-state index contributed by atoms with van der Waals surface area (Å²) < 4.78 is 11.6. The van der Waals surface area contributed by atoms with Crippen molar-refractivity contribution in [3.05, 3.63) is 11.8 Å². The van der Waals surface area contributed by atoms with Gasteiger partial charge in [0.15, 0.2) is 5.76 Å². The Bertz CT molecular complexity index is 419. The maximum atomic E-state index is 12.7. The van der Waals surface area contributed by atoms with Gasteiger partial charge in [0.05, 0.1) is 0 Å². The fourth-order valence-corrected chi connectivity index (χ4v) is 3.20. The third-order valence-electron chi connectivity index (χ3n) is 4.71. The van der Waals surface area contributed by atoms with Crippen molar-refractivity contribution in [1.29, 1.82) is 0 Å². The SMILES string of the molecule is CCO[C@@H]1OC(C(=O)N2CCN(C)CC2)=C[C@H](C)[C@@H]1CCCO. The zero-order chi connectivity index (χ0) is 16.8. The summed E-state index contributed by atoms with van der Waals surface area (Å²) in [6.07, 6.45) is 3.07. The quantitative estimate of drug-likeness (QED) is 0.791. The second-order valence-electron chi connectivity index (χ2n) is 6.46. The zero-order valence-corrected chi connectivity index (χ0v) is 14.5. The van der Waals surface area contributed by atoms with Gasteiger partial charge in [0.1, 0.15) is 0 Å². The van der Waals surface area contributed by atoms with Crippen molar-refractivity contribution in [3.63, 3.8) is 0 Å². The van der Waals surface area contributed by atoms with Crippen LogP contribution in [0.25, 0.3) is 0 Å². The van der Waals surface area contributed by atoms with Gasteiger partial charge in [0.2, 0.25) is 6.29 Å². The Morgan fingerprint density at radius 2 is 2.09 bits per heavy atom. The minimum absolute atomic E-state index is 0.0322. The molecule has 0 aromatic rings. The summed E-state index contributed by atoms with van der Waals surface area (Å²) in [7, 11) is 2.07. The maximum Gasteiger partial charge on any atom is 0.288 e. The molecule has 2 heterocycles. The van der Waals surface area contributed by atoms with Crippen molar-refractivity contribution in [2.45, 2.75) is 33.0 Å². The second-order valence-corrected chi connectivity index (χ2v) is 6.46. The first-order valence-corrected chi connectivity index (χ1v) is 8.65. The molecule has 1 saturated heterocycles. The lowest BCUT2D eigenvalue weighted by atomic mass is 9.86. The van der Waals surface area contributed by atoms with Crippen molar-refractivity contribution in [1.82, 2.24) is 9.80 Å². The normalized spacial score (nSPS) is 29.1. The number of aliphatic hydroxyl groups excluding tert-OH is 1. The van der Waals surface area contributed by atoms with Crippen LogP contribution in [0.15, 0.2) is 11.8 Å². The number of likely N-dealkylation sites (N-methyl/N-ethyl adjacent to an activating group) is 1. The number of allylic oxidation sites excluding steroid dienone is 1. The van der Waals surface area contributed by atoms with Gasteiger partial charge >= 0.3 is 0 Å². The van der Waals surface area contributed by atoms with Crippen LogP contribution in [0.4, 0.5) is 0 Å². The van der Waals surface area contributed by atoms with Crippen LogP contribution in [0, 0.1) is 11.8 Å². The van der Waals surface area contributed by atoms with Gasteiger partial charge in [0.25, 0.3) is 5.91 Å². The van der Waals surface area contributed by atoms with E-state index in [4.69, 9.17) is 14.6 Å². The highest BCUT2D eigenvalue weighted by atomic mass is 16.7. The molecule has 0 aliphatic carbocycles. The molecule has 23 heavy (non-hydrogen) atoms. The van der Waals surface area contributed by atoms with Crippen LogP contribution in [0.1, 0.15) is 26.7 Å². The molecule has 0 saturated carbocycles. The van der Waals surface area contributed by atoms with Crippen LogP contribution >= 0.6 is 0 Å². The number of aliphatic hydroxyl groups is 1. The van der Waals surface area contributed by atoms with Gasteiger partial charge < -0.3 is 24.4 Å². The number of amides is 1. The van der Waals surface area contributed by atoms with E-state index in [1.807, 2.05) is 17.9 Å². The van der Waals surface area contributed by atoms with Gasteiger partial charge in [-0.3, -0.25) is 4.79 Å². The summed E-state index contributed by atoms with van der Waals surface area (Å²) in [6.45, 7) is 7.98. The van der Waals surface area contributed by atoms with E-state index in [9.17, 15) is 4.79 Å². The topological polar surface area (TPSA) is 62.2 Å². The smallest absolute Gasteiger partial charge is 0.288 e. The Kier molecular flexibility index (Phi) is 6.87. The van der Waals surface area contributed by atoms with Crippen LogP contribution in [-0.2, 0) is 14.3 Å². The van der Waals surface area contributed by atoms with Gasteiger partial charge in [-0.05, 0) is 38.8 Å². The summed E-state index contributed by atoms with van der Waals surface area (Å²) >= 11 is 0. The summed E-state index contributed by atoms with van der Waals surface area (Å²) in [5, 5.41) is 9.07. The molecule has 0 spiro atoms. The first-order chi connectivity index (χ1) is 11.1. The lowest BCUT2D eigenvalue weighted by Crippen LogP contribution is -2.49. The maximum absolute atomic E-state index is 12.7. The zero-order valence-electron chi connectivity index (χ0n) is 14.5. The number of nitrogens with zero attached hydrogens (tertiary/aromatic N) is 2. The molecule has 132 valence electrons. The van der Waals surface area contributed by atoms with Crippen LogP contribution in [-0.4, -0.2) is 73.5 Å². The Morgan fingerprint density at radius 3 is 2.70 bits per heavy atom. The highest BCUT2D eigenvalue weighted by molar-refractivity contribution is 5.91. The molecular weight excluding hydrogens is 296 g/mol. The van der Waals surface area contributed by atoms with Crippen molar-refractivity contribution in [3.8, 4) is 0 Å². The number of hydrogen-bond donors (Lipinski definition) is 1. The molecule has 2 aliphatic heterocycles. The molecule has 0 aromatic carbocycles. The first kappa shape index (κ1) is 18.2. The van der Waals surface area contributed by atoms with Crippen LogP contribution in [0.3, 0.4) is 0 Å². The van der Waals surface area contributed by atoms with Gasteiger partial charge in [-0.25, -0.2) is 0 Å². The van der Waals surface area contributed by atoms with E-state index in [0.29, 0.717) is 12.4 Å². The first-order valence-electron chi connectivity index (χ1n) is 8.65. The number of carbonyl (C=O) groups excluding carboxylic acids is 1. The lowest BCUT2D eigenvalue weighted by Gasteiger charge is -2.38. The molecule has 2 rings (SSSR count). The van der Waals surface area contributed by atoms with E-state index in [-0.39, 0.29) is 24.3 Å². The number of piperazine rings is 1. The highest BCUT2D eigenvalue weighted by Crippen LogP contribution is 2.33. The summed E-state index contributed by atoms with van der Waals surface area (Å²) in [5.74, 6) is 0.750. The van der Waals surface area contributed by atoms with Crippen molar-refractivity contribution in [2.75, 3.05) is 46.4 Å². The van der Waals surface area contributed by atoms with Gasteiger partial charge in [-0.15, -0.1) is 0 Å². The monoisotopic (exact) mass is 326 g/mol. The molecule has 0 aromatic heterocycles. The highest BCUT2D eigenvalue weighted by Gasteiger charge is 2.36. The molecule has 1 amide bonds. The van der Waals surface area contributed by atoms with Crippen LogP contribution in [0.2, 0.25) is 0 Å². The minimum Gasteiger partial charge on any atom is -0.459 e. The summed E-state index contributed by atoms with van der Waals surface area (Å²) in [5.41, 5.74) is 0. The molecule has 3 atom stereocenters. The molecule has 1 fully saturated rings. The molecule has 0 unspecified atom stereocenters. The third-order valence-corrected chi connectivity index (χ3v) is 4.71. The van der Waals surface area contributed by atoms with E-state index in [1.54, 1.807) is 0 Å². The number of carbonyl (C=O) groups is 1. The summed E-state index contributed by atoms with van der Waals surface area (Å²) in [4.78, 5) is 16.8. The van der Waals surface area contributed by atoms with Gasteiger partial charge in [-0.1, -0.05) is 6.92 Å². The molecule has 0 radical (unpaired) electrons. The minimum atomic E-state index is -0.405. The molecule has 0 bridgehead atoms. The largest absolute Gasteiger partial charge is 0.459 e. The van der Waals surface area contributed by atoms with E-state index in [1.165, 1.54) is 0 Å². The van der Waals surface area contributed by atoms with Crippen molar-refractivity contribution >= 4 is 5.91 Å². The van der Waals surface area contributed by atoms with Gasteiger partial charge in [0, 0.05) is 45.3 Å². The average molecular weight is 326 g/mol. The number of rotatable bonds is 6. The Labute approximate surface area is 139 Å². The predicted octanol–water partition coefficient (Wildman–Crippen LogP) is 1.06. The Balaban J connectivity index is 2.05. The number of hydrogen-bond acceptors (Lipinski definition) is 5. The Morgan fingerprint density at radius 1 is 1.39 bits per heavy atom. The average Bonchev–Trinajstić information content (AvgIpc) is 2.54. The van der Waals surface area contributed by atoms with E-state index >= 15 is 0 Å². The van der Waals surface area contributed by atoms with Gasteiger partial charge in [-0.2, -0.15) is 0 Å². The standard InChI is InChI=1S/C17H30N2O4/c1-4-22-17-14(6-5-11-20)13(2)12-15(23-17)16(21)19-9-7-18(3)8-10-19/h12-14,17,20H,4-11H2,1-3H3/t13-,14-,17+/m0/s1. The van der Waals surface area contributed by atoms with Crippen LogP contribution < -0.4 is 0 Å². The number of ether oxygens (including phenoxy) is 2. The Hall–Kier alpha value is -1.11.